The first-order valence-corrected chi connectivity index (χ1v) is 9.21. The van der Waals surface area contributed by atoms with E-state index in [1.807, 2.05) is 76.2 Å². The molecule has 0 aromatic heterocycles. The summed E-state index contributed by atoms with van der Waals surface area (Å²) in [5.74, 6) is 1.73. The standard InChI is InChI=1S/C17H22N2O2.2C2H6/c18-14-4-8-16(9-5-14)20-12-2-1-3-13-21-17-10-6-15(19)7-11-17;2*1-2/h4-11H,1-3,12-13,18-19H2;2*1-2H3. The van der Waals surface area contributed by atoms with Crippen LogP contribution in [-0.4, -0.2) is 13.2 Å². The van der Waals surface area contributed by atoms with E-state index in [9.17, 15) is 0 Å². The first-order valence-electron chi connectivity index (χ1n) is 9.21. The molecule has 0 aliphatic rings. The van der Waals surface area contributed by atoms with E-state index in [4.69, 9.17) is 20.9 Å². The Morgan fingerprint density at radius 1 is 0.560 bits per heavy atom. The second-order valence-corrected chi connectivity index (χ2v) is 4.90. The third kappa shape index (κ3) is 10.9. The van der Waals surface area contributed by atoms with Crippen LogP contribution in [0.15, 0.2) is 48.5 Å². The molecule has 140 valence electrons. The molecule has 0 fully saturated rings. The van der Waals surface area contributed by atoms with Crippen molar-refractivity contribution in [3.8, 4) is 11.5 Å². The number of unbranched alkanes of at least 4 members (excludes halogenated alkanes) is 2. The summed E-state index contributed by atoms with van der Waals surface area (Å²) in [7, 11) is 0. The van der Waals surface area contributed by atoms with Crippen molar-refractivity contribution in [3.05, 3.63) is 48.5 Å². The van der Waals surface area contributed by atoms with Gasteiger partial charge in [0, 0.05) is 11.4 Å². The molecule has 0 radical (unpaired) electrons. The Hall–Kier alpha value is -2.36. The zero-order chi connectivity index (χ0) is 18.9. The highest BCUT2D eigenvalue weighted by atomic mass is 16.5. The molecule has 0 aliphatic heterocycles. The van der Waals surface area contributed by atoms with Crippen LogP contribution in [-0.2, 0) is 0 Å². The molecule has 2 aromatic carbocycles. The van der Waals surface area contributed by atoms with Crippen molar-refractivity contribution in [1.29, 1.82) is 0 Å². The molecule has 25 heavy (non-hydrogen) atoms. The summed E-state index contributed by atoms with van der Waals surface area (Å²) < 4.78 is 11.3. The van der Waals surface area contributed by atoms with Gasteiger partial charge in [0.2, 0.25) is 0 Å². The molecule has 0 aliphatic carbocycles. The van der Waals surface area contributed by atoms with E-state index in [2.05, 4.69) is 0 Å². The molecule has 4 N–H and O–H groups in total. The van der Waals surface area contributed by atoms with E-state index in [1.54, 1.807) is 0 Å². The van der Waals surface area contributed by atoms with Crippen molar-refractivity contribution < 1.29 is 9.47 Å². The number of benzene rings is 2. The Labute approximate surface area is 153 Å². The maximum atomic E-state index is 5.63. The van der Waals surface area contributed by atoms with Crippen LogP contribution in [0.5, 0.6) is 11.5 Å². The van der Waals surface area contributed by atoms with Gasteiger partial charge in [-0.3, -0.25) is 0 Å². The molecule has 0 bridgehead atoms. The summed E-state index contributed by atoms with van der Waals surface area (Å²) in [4.78, 5) is 0. The van der Waals surface area contributed by atoms with Crippen LogP contribution in [0, 0.1) is 0 Å². The Morgan fingerprint density at radius 3 is 1.20 bits per heavy atom. The Balaban J connectivity index is 0.00000134. The van der Waals surface area contributed by atoms with Crippen LogP contribution >= 0.6 is 0 Å². The number of ether oxygens (including phenoxy) is 2. The van der Waals surface area contributed by atoms with Crippen molar-refractivity contribution >= 4 is 11.4 Å². The fraction of sp³-hybridized carbons (Fsp3) is 0.429. The van der Waals surface area contributed by atoms with Crippen LogP contribution in [0.3, 0.4) is 0 Å². The van der Waals surface area contributed by atoms with Crippen LogP contribution in [0.25, 0.3) is 0 Å². The summed E-state index contributed by atoms with van der Waals surface area (Å²) in [6, 6.07) is 14.9. The molecule has 0 saturated heterocycles. The third-order valence-electron chi connectivity index (χ3n) is 3.09. The average Bonchev–Trinajstić information content (AvgIpc) is 2.67. The smallest absolute Gasteiger partial charge is 0.119 e. The van der Waals surface area contributed by atoms with Crippen molar-refractivity contribution in [1.82, 2.24) is 0 Å². The monoisotopic (exact) mass is 346 g/mol. The van der Waals surface area contributed by atoms with Crippen molar-refractivity contribution in [3.63, 3.8) is 0 Å². The zero-order valence-electron chi connectivity index (χ0n) is 16.1. The average molecular weight is 347 g/mol. The maximum Gasteiger partial charge on any atom is 0.119 e. The van der Waals surface area contributed by atoms with Gasteiger partial charge in [0.25, 0.3) is 0 Å². The second kappa shape index (κ2) is 15.2. The summed E-state index contributed by atoms with van der Waals surface area (Å²) in [6.45, 7) is 9.43. The molecule has 0 unspecified atom stereocenters. The number of nitrogen functional groups attached to an aromatic ring is 2. The number of anilines is 2. The lowest BCUT2D eigenvalue weighted by atomic mass is 10.2. The topological polar surface area (TPSA) is 70.5 Å². The molecule has 0 amide bonds. The predicted octanol–water partition coefficient (Wildman–Crippen LogP) is 5.53. The van der Waals surface area contributed by atoms with E-state index in [0.29, 0.717) is 13.2 Å². The quantitative estimate of drug-likeness (QED) is 0.487. The molecular formula is C21H34N2O2. The van der Waals surface area contributed by atoms with Gasteiger partial charge in [-0.2, -0.15) is 0 Å². The third-order valence-corrected chi connectivity index (χ3v) is 3.09. The fourth-order valence-corrected chi connectivity index (χ4v) is 1.89. The van der Waals surface area contributed by atoms with Crippen LogP contribution < -0.4 is 20.9 Å². The fourth-order valence-electron chi connectivity index (χ4n) is 1.89. The van der Waals surface area contributed by atoms with Gasteiger partial charge in [0.1, 0.15) is 11.5 Å². The van der Waals surface area contributed by atoms with Crippen LogP contribution in [0.4, 0.5) is 11.4 Å². The lowest BCUT2D eigenvalue weighted by Crippen LogP contribution is -2.01. The molecule has 2 rings (SSSR count). The van der Waals surface area contributed by atoms with Gasteiger partial charge in [-0.1, -0.05) is 27.7 Å². The molecule has 0 atom stereocenters. The van der Waals surface area contributed by atoms with Crippen molar-refractivity contribution in [2.45, 2.75) is 47.0 Å². The van der Waals surface area contributed by atoms with Gasteiger partial charge in [-0.05, 0) is 67.8 Å². The number of hydrogen-bond donors (Lipinski definition) is 2. The summed E-state index contributed by atoms with van der Waals surface area (Å²) >= 11 is 0. The van der Waals surface area contributed by atoms with Gasteiger partial charge < -0.3 is 20.9 Å². The van der Waals surface area contributed by atoms with E-state index in [-0.39, 0.29) is 0 Å². The van der Waals surface area contributed by atoms with Gasteiger partial charge in [-0.15, -0.1) is 0 Å². The minimum atomic E-state index is 0.714. The highest BCUT2D eigenvalue weighted by molar-refractivity contribution is 5.42. The van der Waals surface area contributed by atoms with Crippen LogP contribution in [0.2, 0.25) is 0 Å². The second-order valence-electron chi connectivity index (χ2n) is 4.90. The van der Waals surface area contributed by atoms with E-state index in [1.165, 1.54) is 0 Å². The van der Waals surface area contributed by atoms with Gasteiger partial charge in [-0.25, -0.2) is 0 Å². The van der Waals surface area contributed by atoms with Crippen LogP contribution in [0.1, 0.15) is 47.0 Å². The molecule has 0 spiro atoms. The van der Waals surface area contributed by atoms with Gasteiger partial charge in [0.05, 0.1) is 13.2 Å². The summed E-state index contributed by atoms with van der Waals surface area (Å²) in [5, 5.41) is 0. The molecule has 2 aromatic rings. The highest BCUT2D eigenvalue weighted by Crippen LogP contribution is 2.15. The normalized spacial score (nSPS) is 9.12. The highest BCUT2D eigenvalue weighted by Gasteiger charge is 1.96. The number of hydrogen-bond acceptors (Lipinski definition) is 4. The molecule has 0 saturated carbocycles. The Bertz CT molecular complexity index is 475. The Morgan fingerprint density at radius 2 is 0.880 bits per heavy atom. The largest absolute Gasteiger partial charge is 0.494 e. The molecule has 4 nitrogen and oxygen atoms in total. The number of nitrogens with two attached hydrogens (primary N) is 2. The lowest BCUT2D eigenvalue weighted by molar-refractivity contribution is 0.279. The first kappa shape index (κ1) is 22.6. The molecule has 0 heterocycles. The minimum Gasteiger partial charge on any atom is -0.494 e. The van der Waals surface area contributed by atoms with Crippen molar-refractivity contribution in [2.24, 2.45) is 0 Å². The Kier molecular flexibility index (Phi) is 13.8. The van der Waals surface area contributed by atoms with Gasteiger partial charge >= 0.3 is 0 Å². The van der Waals surface area contributed by atoms with E-state index >= 15 is 0 Å². The van der Waals surface area contributed by atoms with E-state index in [0.717, 1.165) is 42.1 Å². The summed E-state index contributed by atoms with van der Waals surface area (Å²) in [5.41, 5.74) is 12.7. The number of rotatable bonds is 8. The van der Waals surface area contributed by atoms with Gasteiger partial charge in [0.15, 0.2) is 0 Å². The first-order chi connectivity index (χ1) is 12.2. The molecular weight excluding hydrogens is 312 g/mol. The predicted molar refractivity (Wildman–Crippen MR) is 109 cm³/mol. The summed E-state index contributed by atoms with van der Waals surface area (Å²) in [6.07, 6.45) is 3.09. The zero-order valence-corrected chi connectivity index (χ0v) is 16.1. The molecule has 4 heteroatoms. The maximum absolute atomic E-state index is 5.63. The van der Waals surface area contributed by atoms with Crippen molar-refractivity contribution in [2.75, 3.05) is 24.7 Å². The minimum absolute atomic E-state index is 0.714. The lowest BCUT2D eigenvalue weighted by Gasteiger charge is -2.08. The van der Waals surface area contributed by atoms with E-state index < -0.39 is 0 Å². The SMILES string of the molecule is CC.CC.Nc1ccc(OCCCCCOc2ccc(N)cc2)cc1.